The Bertz CT molecular complexity index is 1120. The predicted octanol–water partition coefficient (Wildman–Crippen LogP) is 3.81. The summed E-state index contributed by atoms with van der Waals surface area (Å²) in [5.74, 6) is -0.725. The minimum Gasteiger partial charge on any atom is -0.480 e. The second-order valence-electron chi connectivity index (χ2n) is 9.55. The summed E-state index contributed by atoms with van der Waals surface area (Å²) in [5, 5.41) is 10.6. The Morgan fingerprint density at radius 3 is 2.58 bits per heavy atom. The van der Waals surface area contributed by atoms with Crippen LogP contribution < -0.4 is 4.90 Å². The SMILES string of the molecule is CC(C)N1CCN(c2ccc(-c3nccc4[nH]c(CN5CCC[C@@H]5C(=O)O)cc34)cc2)CC1. The third-order valence-electron chi connectivity index (χ3n) is 7.18. The zero-order chi connectivity index (χ0) is 22.9. The van der Waals surface area contributed by atoms with Crippen molar-refractivity contribution in [3.05, 3.63) is 48.3 Å². The fraction of sp³-hybridized carbons (Fsp3) is 0.462. The van der Waals surface area contributed by atoms with Crippen LogP contribution in [0, 0.1) is 0 Å². The summed E-state index contributed by atoms with van der Waals surface area (Å²) in [4.78, 5) is 26.7. The van der Waals surface area contributed by atoms with E-state index in [4.69, 9.17) is 0 Å². The summed E-state index contributed by atoms with van der Waals surface area (Å²) in [5.41, 5.74) is 5.39. The van der Waals surface area contributed by atoms with Crippen LogP contribution in [0.4, 0.5) is 5.69 Å². The Balaban J connectivity index is 1.34. The van der Waals surface area contributed by atoms with Crippen molar-refractivity contribution >= 4 is 22.6 Å². The molecule has 0 aliphatic carbocycles. The number of likely N-dealkylation sites (tertiary alicyclic amines) is 1. The molecule has 0 saturated carbocycles. The zero-order valence-corrected chi connectivity index (χ0v) is 19.5. The minimum atomic E-state index is -0.725. The lowest BCUT2D eigenvalue weighted by atomic mass is 10.1. The van der Waals surface area contributed by atoms with E-state index in [-0.39, 0.29) is 6.04 Å². The molecule has 2 aliphatic heterocycles. The van der Waals surface area contributed by atoms with Crippen LogP contribution in [0.25, 0.3) is 22.2 Å². The highest BCUT2D eigenvalue weighted by molar-refractivity contribution is 5.93. The van der Waals surface area contributed by atoms with E-state index in [1.54, 1.807) is 0 Å². The number of aliphatic carboxylic acids is 1. The summed E-state index contributed by atoms with van der Waals surface area (Å²) in [6, 6.07) is 13.1. The van der Waals surface area contributed by atoms with E-state index in [9.17, 15) is 9.90 Å². The number of fused-ring (bicyclic) bond motifs is 1. The van der Waals surface area contributed by atoms with Gasteiger partial charge in [-0.05, 0) is 57.5 Å². The highest BCUT2D eigenvalue weighted by Crippen LogP contribution is 2.30. The van der Waals surface area contributed by atoms with Crippen molar-refractivity contribution in [3.8, 4) is 11.3 Å². The highest BCUT2D eigenvalue weighted by Gasteiger charge is 2.30. The van der Waals surface area contributed by atoms with Crippen molar-refractivity contribution in [1.82, 2.24) is 19.8 Å². The van der Waals surface area contributed by atoms with Crippen molar-refractivity contribution in [3.63, 3.8) is 0 Å². The van der Waals surface area contributed by atoms with E-state index < -0.39 is 5.97 Å². The maximum Gasteiger partial charge on any atom is 0.320 e. The van der Waals surface area contributed by atoms with Gasteiger partial charge in [0.05, 0.1) is 5.69 Å². The lowest BCUT2D eigenvalue weighted by molar-refractivity contribution is -0.142. The van der Waals surface area contributed by atoms with Crippen molar-refractivity contribution in [1.29, 1.82) is 0 Å². The van der Waals surface area contributed by atoms with Crippen molar-refractivity contribution in [2.45, 2.75) is 45.3 Å². The van der Waals surface area contributed by atoms with Crippen molar-refractivity contribution < 1.29 is 9.90 Å². The summed E-state index contributed by atoms with van der Waals surface area (Å²) < 4.78 is 0. The highest BCUT2D eigenvalue weighted by atomic mass is 16.4. The molecule has 3 aromatic rings. The topological polar surface area (TPSA) is 75.7 Å². The molecule has 2 aromatic heterocycles. The number of H-pyrrole nitrogens is 1. The number of piperazine rings is 1. The van der Waals surface area contributed by atoms with Gasteiger partial charge < -0.3 is 15.0 Å². The number of nitrogens with zero attached hydrogens (tertiary/aromatic N) is 4. The number of hydrogen-bond donors (Lipinski definition) is 2. The average molecular weight is 448 g/mol. The summed E-state index contributed by atoms with van der Waals surface area (Å²) >= 11 is 0. The molecule has 4 heterocycles. The van der Waals surface area contributed by atoms with Crippen LogP contribution in [0.1, 0.15) is 32.4 Å². The van der Waals surface area contributed by atoms with E-state index in [0.29, 0.717) is 12.6 Å². The Kier molecular flexibility index (Phi) is 6.08. The molecule has 2 N–H and O–H groups in total. The van der Waals surface area contributed by atoms with Crippen LogP contribution in [-0.4, -0.2) is 75.7 Å². The Morgan fingerprint density at radius 1 is 1.12 bits per heavy atom. The quantitative estimate of drug-likeness (QED) is 0.599. The van der Waals surface area contributed by atoms with E-state index in [1.165, 1.54) is 5.69 Å². The lowest BCUT2D eigenvalue weighted by Gasteiger charge is -2.38. The number of benzene rings is 1. The second kappa shape index (κ2) is 9.15. The molecule has 0 bridgehead atoms. The molecular formula is C26H33N5O2. The van der Waals surface area contributed by atoms with Gasteiger partial charge in [0, 0.05) is 72.8 Å². The standard InChI is InChI=1S/C26H33N5O2/c1-18(2)29-12-14-30(15-13-29)21-7-5-19(6-8-21)25-22-16-20(28-23(22)9-10-27-25)17-31-11-3-4-24(31)26(32)33/h5-10,16,18,24,28H,3-4,11-15,17H2,1-2H3,(H,32,33)/t24-/m1/s1. The van der Waals surface area contributed by atoms with Gasteiger partial charge in [-0.3, -0.25) is 19.6 Å². The Labute approximate surface area is 195 Å². The number of carbonyl (C=O) groups is 1. The van der Waals surface area contributed by atoms with Gasteiger partial charge in [-0.15, -0.1) is 0 Å². The number of rotatable bonds is 6. The Morgan fingerprint density at radius 2 is 1.88 bits per heavy atom. The molecule has 0 radical (unpaired) electrons. The molecular weight excluding hydrogens is 414 g/mol. The molecule has 7 nitrogen and oxygen atoms in total. The van der Waals surface area contributed by atoms with Gasteiger partial charge in [0.2, 0.25) is 0 Å². The third-order valence-corrected chi connectivity index (χ3v) is 7.18. The molecule has 174 valence electrons. The largest absolute Gasteiger partial charge is 0.480 e. The number of carboxylic acid groups (broad SMARTS) is 1. The van der Waals surface area contributed by atoms with Crippen LogP contribution in [0.3, 0.4) is 0 Å². The van der Waals surface area contributed by atoms with E-state index in [0.717, 1.165) is 73.4 Å². The van der Waals surface area contributed by atoms with Gasteiger partial charge in [0.25, 0.3) is 0 Å². The molecule has 7 heteroatoms. The minimum absolute atomic E-state index is 0.385. The van der Waals surface area contributed by atoms with E-state index in [1.807, 2.05) is 17.2 Å². The van der Waals surface area contributed by atoms with Crippen LogP contribution in [0.5, 0.6) is 0 Å². The molecule has 5 rings (SSSR count). The molecule has 1 atom stereocenters. The van der Waals surface area contributed by atoms with Crippen LogP contribution >= 0.6 is 0 Å². The summed E-state index contributed by atoms with van der Waals surface area (Å²) in [7, 11) is 0. The number of nitrogens with one attached hydrogen (secondary N) is 1. The number of aromatic nitrogens is 2. The smallest absolute Gasteiger partial charge is 0.320 e. The molecule has 0 amide bonds. The molecule has 1 aromatic carbocycles. The Hall–Kier alpha value is -2.90. The molecule has 2 saturated heterocycles. The zero-order valence-electron chi connectivity index (χ0n) is 19.5. The maximum atomic E-state index is 11.5. The fourth-order valence-electron chi connectivity index (χ4n) is 5.27. The van der Waals surface area contributed by atoms with Crippen LogP contribution in [0.2, 0.25) is 0 Å². The van der Waals surface area contributed by atoms with Gasteiger partial charge in [-0.2, -0.15) is 0 Å². The number of anilines is 1. The van der Waals surface area contributed by atoms with Crippen molar-refractivity contribution in [2.24, 2.45) is 0 Å². The molecule has 2 fully saturated rings. The summed E-state index contributed by atoms with van der Waals surface area (Å²) in [6.07, 6.45) is 3.50. The molecule has 0 spiro atoms. The average Bonchev–Trinajstić information content (AvgIpc) is 3.46. The van der Waals surface area contributed by atoms with Crippen molar-refractivity contribution in [2.75, 3.05) is 37.6 Å². The first kappa shape index (κ1) is 21.9. The molecule has 2 aliphatic rings. The van der Waals surface area contributed by atoms with E-state index in [2.05, 4.69) is 63.9 Å². The van der Waals surface area contributed by atoms with Crippen LogP contribution in [0.15, 0.2) is 42.6 Å². The predicted molar refractivity (Wildman–Crippen MR) is 132 cm³/mol. The molecule has 33 heavy (non-hydrogen) atoms. The molecule has 0 unspecified atom stereocenters. The van der Waals surface area contributed by atoms with Gasteiger partial charge in [0.15, 0.2) is 0 Å². The summed E-state index contributed by atoms with van der Waals surface area (Å²) in [6.45, 7) is 10.3. The van der Waals surface area contributed by atoms with E-state index >= 15 is 0 Å². The third kappa shape index (κ3) is 4.48. The fourth-order valence-corrected chi connectivity index (χ4v) is 5.27. The van der Waals surface area contributed by atoms with Crippen LogP contribution in [-0.2, 0) is 11.3 Å². The van der Waals surface area contributed by atoms with Gasteiger partial charge in [-0.25, -0.2) is 0 Å². The number of hydrogen-bond acceptors (Lipinski definition) is 5. The monoisotopic (exact) mass is 447 g/mol. The van der Waals surface area contributed by atoms with Gasteiger partial charge in [0.1, 0.15) is 6.04 Å². The second-order valence-corrected chi connectivity index (χ2v) is 9.55. The van der Waals surface area contributed by atoms with Gasteiger partial charge in [-0.1, -0.05) is 12.1 Å². The number of carboxylic acids is 1. The first-order valence-electron chi connectivity index (χ1n) is 12.0. The number of aromatic amines is 1. The normalized spacial score (nSPS) is 20.2. The maximum absolute atomic E-state index is 11.5. The lowest BCUT2D eigenvalue weighted by Crippen LogP contribution is -2.48. The first-order chi connectivity index (χ1) is 16.0. The first-order valence-corrected chi connectivity index (χ1v) is 12.0. The van der Waals surface area contributed by atoms with Gasteiger partial charge >= 0.3 is 5.97 Å². The number of pyridine rings is 1.